The Bertz CT molecular complexity index is 240. The van der Waals surface area contributed by atoms with Crippen LogP contribution in [0.15, 0.2) is 0 Å². The fraction of sp³-hybridized carbons (Fsp3) is 1.00. The second kappa shape index (κ2) is 18.2. The molecule has 0 amide bonds. The van der Waals surface area contributed by atoms with Gasteiger partial charge < -0.3 is 4.74 Å². The first-order valence-corrected chi connectivity index (χ1v) is 11.6. The zero-order valence-corrected chi connectivity index (χ0v) is 18.4. The first kappa shape index (κ1) is 24.4. The van der Waals surface area contributed by atoms with Crippen LogP contribution in [0.3, 0.4) is 0 Å². The molecule has 2 unspecified atom stereocenters. The molecular weight excluding hydrogens is 311 g/mol. The third-order valence-electron chi connectivity index (χ3n) is 5.13. The fourth-order valence-electron chi connectivity index (χ4n) is 3.06. The van der Waals surface area contributed by atoms with Crippen molar-refractivity contribution < 1.29 is 4.74 Å². The highest BCUT2D eigenvalue weighted by molar-refractivity contribution is 7.18. The van der Waals surface area contributed by atoms with E-state index >= 15 is 0 Å². The maximum absolute atomic E-state index is 5.86. The molecule has 0 aromatic heterocycles. The Morgan fingerprint density at radius 1 is 0.583 bits per heavy atom. The highest BCUT2D eigenvalue weighted by Crippen LogP contribution is 2.23. The molecule has 2 heteroatoms. The highest BCUT2D eigenvalue weighted by Gasteiger charge is 2.14. The molecule has 0 spiro atoms. The Hall–Kier alpha value is 0.390. The number of hydrogen-bond acceptors (Lipinski definition) is 1. The first-order chi connectivity index (χ1) is 11.6. The minimum atomic E-state index is -0.00446. The normalized spacial score (nSPS) is 14.0. The standard InChI is InChI=1S/C22H47OP/c1-4-6-7-8-9-10-11-12-13-14-15-16-17-18-19-20-21-23-22(3,24)5-2/h4-21,24H2,1-3H3. The van der Waals surface area contributed by atoms with Crippen molar-refractivity contribution >= 4 is 9.24 Å². The van der Waals surface area contributed by atoms with Gasteiger partial charge in [0, 0.05) is 6.61 Å². The summed E-state index contributed by atoms with van der Waals surface area (Å²) in [4.78, 5) is 0. The van der Waals surface area contributed by atoms with Crippen molar-refractivity contribution in [3.63, 3.8) is 0 Å². The lowest BCUT2D eigenvalue weighted by molar-refractivity contribution is 0.0331. The van der Waals surface area contributed by atoms with Gasteiger partial charge in [-0.15, -0.1) is 9.24 Å². The van der Waals surface area contributed by atoms with Crippen LogP contribution in [0.4, 0.5) is 0 Å². The van der Waals surface area contributed by atoms with Gasteiger partial charge in [0.2, 0.25) is 0 Å². The van der Waals surface area contributed by atoms with E-state index in [0.717, 1.165) is 13.0 Å². The lowest BCUT2D eigenvalue weighted by atomic mass is 10.0. The van der Waals surface area contributed by atoms with Gasteiger partial charge in [-0.1, -0.05) is 110 Å². The van der Waals surface area contributed by atoms with Crippen LogP contribution in [0.1, 0.15) is 130 Å². The number of rotatable bonds is 19. The van der Waals surface area contributed by atoms with Gasteiger partial charge >= 0.3 is 0 Å². The molecule has 0 aliphatic rings. The highest BCUT2D eigenvalue weighted by atomic mass is 31.0. The summed E-state index contributed by atoms with van der Waals surface area (Å²) in [5.74, 6) is 0. The average Bonchev–Trinajstić information content (AvgIpc) is 2.57. The van der Waals surface area contributed by atoms with Crippen LogP contribution in [0.2, 0.25) is 0 Å². The number of unbranched alkanes of at least 4 members (excludes halogenated alkanes) is 15. The van der Waals surface area contributed by atoms with E-state index in [-0.39, 0.29) is 5.34 Å². The van der Waals surface area contributed by atoms with Crippen LogP contribution in [0, 0.1) is 0 Å². The molecule has 0 saturated carbocycles. The minimum Gasteiger partial charge on any atom is -0.371 e. The van der Waals surface area contributed by atoms with Gasteiger partial charge in [-0.25, -0.2) is 0 Å². The number of ether oxygens (including phenoxy) is 1. The van der Waals surface area contributed by atoms with Crippen molar-refractivity contribution in [3.05, 3.63) is 0 Å². The molecule has 2 atom stereocenters. The Morgan fingerprint density at radius 3 is 1.25 bits per heavy atom. The van der Waals surface area contributed by atoms with Crippen LogP contribution in [-0.4, -0.2) is 11.9 Å². The summed E-state index contributed by atoms with van der Waals surface area (Å²) in [5, 5.41) is -0.00446. The summed E-state index contributed by atoms with van der Waals surface area (Å²) >= 11 is 0. The molecule has 0 bridgehead atoms. The maximum Gasteiger partial charge on any atom is 0.0782 e. The van der Waals surface area contributed by atoms with Gasteiger partial charge in [0.05, 0.1) is 5.34 Å². The molecule has 0 fully saturated rings. The monoisotopic (exact) mass is 358 g/mol. The summed E-state index contributed by atoms with van der Waals surface area (Å²) < 4.78 is 5.86. The third kappa shape index (κ3) is 18.7. The predicted octanol–water partition coefficient (Wildman–Crippen LogP) is 8.27. The van der Waals surface area contributed by atoms with Crippen molar-refractivity contribution in [3.8, 4) is 0 Å². The molecule has 0 aromatic rings. The Morgan fingerprint density at radius 2 is 0.917 bits per heavy atom. The number of hydrogen-bond donors (Lipinski definition) is 0. The SMILES string of the molecule is CCCCCCCCCCCCCCCCCCOC(C)(P)CC. The van der Waals surface area contributed by atoms with Crippen molar-refractivity contribution in [1.29, 1.82) is 0 Å². The van der Waals surface area contributed by atoms with Crippen LogP contribution >= 0.6 is 9.24 Å². The zero-order valence-electron chi connectivity index (χ0n) is 17.2. The quantitative estimate of drug-likeness (QED) is 0.167. The Labute approximate surface area is 156 Å². The first-order valence-electron chi connectivity index (χ1n) is 11.0. The molecule has 0 aromatic carbocycles. The molecular formula is C22H47OP. The molecule has 0 aliphatic carbocycles. The molecule has 0 rings (SSSR count). The minimum absolute atomic E-state index is 0.00446. The largest absolute Gasteiger partial charge is 0.371 e. The van der Waals surface area contributed by atoms with Crippen molar-refractivity contribution in [2.75, 3.05) is 6.61 Å². The summed E-state index contributed by atoms with van der Waals surface area (Å²) in [6, 6.07) is 0. The topological polar surface area (TPSA) is 9.23 Å². The van der Waals surface area contributed by atoms with Crippen LogP contribution in [0.5, 0.6) is 0 Å². The second-order valence-electron chi connectivity index (χ2n) is 7.82. The van der Waals surface area contributed by atoms with E-state index in [2.05, 4.69) is 30.0 Å². The van der Waals surface area contributed by atoms with E-state index < -0.39 is 0 Å². The second-order valence-corrected chi connectivity index (χ2v) is 9.04. The summed E-state index contributed by atoms with van der Waals surface area (Å²) in [6.45, 7) is 7.55. The van der Waals surface area contributed by atoms with Gasteiger partial charge in [0.1, 0.15) is 0 Å². The lowest BCUT2D eigenvalue weighted by Crippen LogP contribution is -2.19. The van der Waals surface area contributed by atoms with E-state index in [4.69, 9.17) is 4.74 Å². The molecule has 0 aliphatic heterocycles. The molecule has 146 valence electrons. The van der Waals surface area contributed by atoms with Gasteiger partial charge in [0.25, 0.3) is 0 Å². The summed E-state index contributed by atoms with van der Waals surface area (Å²) in [5.41, 5.74) is 0. The van der Waals surface area contributed by atoms with Gasteiger partial charge in [0.15, 0.2) is 0 Å². The molecule has 0 heterocycles. The van der Waals surface area contributed by atoms with Crippen LogP contribution in [0.25, 0.3) is 0 Å². The van der Waals surface area contributed by atoms with E-state index in [1.165, 1.54) is 103 Å². The molecule has 0 N–H and O–H groups in total. The molecule has 0 saturated heterocycles. The molecule has 1 nitrogen and oxygen atoms in total. The van der Waals surface area contributed by atoms with Crippen LogP contribution in [-0.2, 0) is 4.74 Å². The Balaban J connectivity index is 3.05. The summed E-state index contributed by atoms with van der Waals surface area (Å²) in [7, 11) is 2.82. The molecule has 0 radical (unpaired) electrons. The smallest absolute Gasteiger partial charge is 0.0782 e. The predicted molar refractivity (Wildman–Crippen MR) is 114 cm³/mol. The van der Waals surface area contributed by atoms with Gasteiger partial charge in [-0.3, -0.25) is 0 Å². The third-order valence-corrected chi connectivity index (χ3v) is 5.71. The fourth-order valence-corrected chi connectivity index (χ4v) is 3.18. The van der Waals surface area contributed by atoms with Gasteiger partial charge in [-0.2, -0.15) is 0 Å². The maximum atomic E-state index is 5.86. The zero-order chi connectivity index (χ0) is 17.9. The van der Waals surface area contributed by atoms with Crippen molar-refractivity contribution in [2.45, 2.75) is 135 Å². The van der Waals surface area contributed by atoms with Crippen LogP contribution < -0.4 is 0 Å². The van der Waals surface area contributed by atoms with E-state index in [1.54, 1.807) is 0 Å². The van der Waals surface area contributed by atoms with E-state index in [1.807, 2.05) is 0 Å². The summed E-state index contributed by atoms with van der Waals surface area (Å²) in [6.07, 6.45) is 23.9. The van der Waals surface area contributed by atoms with Crippen molar-refractivity contribution in [2.24, 2.45) is 0 Å². The van der Waals surface area contributed by atoms with Crippen molar-refractivity contribution in [1.82, 2.24) is 0 Å². The average molecular weight is 359 g/mol. The van der Waals surface area contributed by atoms with E-state index in [0.29, 0.717) is 0 Å². The Kier molecular flexibility index (Phi) is 18.5. The molecule has 24 heavy (non-hydrogen) atoms. The lowest BCUT2D eigenvalue weighted by Gasteiger charge is -2.23. The van der Waals surface area contributed by atoms with E-state index in [9.17, 15) is 0 Å². The van der Waals surface area contributed by atoms with Gasteiger partial charge in [-0.05, 0) is 19.8 Å².